The Morgan fingerprint density at radius 3 is 2.79 bits per heavy atom. The van der Waals surface area contributed by atoms with E-state index in [2.05, 4.69) is 23.1 Å². The predicted octanol–water partition coefficient (Wildman–Crippen LogP) is 4.89. The first-order chi connectivity index (χ1) is 13.6. The Morgan fingerprint density at radius 1 is 1.25 bits per heavy atom. The molecule has 0 spiro atoms. The minimum absolute atomic E-state index is 0.0871. The molecule has 0 radical (unpaired) electrons. The summed E-state index contributed by atoms with van der Waals surface area (Å²) in [6, 6.07) is 16.2. The van der Waals surface area contributed by atoms with E-state index in [1.54, 1.807) is 6.92 Å². The van der Waals surface area contributed by atoms with Gasteiger partial charge in [0.2, 0.25) is 0 Å². The van der Waals surface area contributed by atoms with Crippen molar-refractivity contribution in [2.45, 2.75) is 20.4 Å². The number of H-pyrrole nitrogens is 1. The molecule has 0 aliphatic heterocycles. The molecule has 4 rings (SSSR count). The molecule has 0 atom stereocenters. The van der Waals surface area contributed by atoms with Crippen LogP contribution in [0.5, 0.6) is 0 Å². The number of carbonyl (C=O) groups is 1. The van der Waals surface area contributed by atoms with E-state index < -0.39 is 5.97 Å². The van der Waals surface area contributed by atoms with Crippen molar-refractivity contribution in [2.24, 2.45) is 0 Å². The fourth-order valence-electron chi connectivity index (χ4n) is 3.21. The van der Waals surface area contributed by atoms with Gasteiger partial charge in [0.05, 0.1) is 6.61 Å². The van der Waals surface area contributed by atoms with Gasteiger partial charge < -0.3 is 14.1 Å². The first-order valence-electron chi connectivity index (χ1n) is 8.98. The topological polar surface area (TPSA) is 73.1 Å². The third-order valence-corrected chi connectivity index (χ3v) is 4.71. The highest BCUT2D eigenvalue weighted by Crippen LogP contribution is 2.38. The van der Waals surface area contributed by atoms with Crippen molar-refractivity contribution in [3.8, 4) is 22.7 Å². The second kappa shape index (κ2) is 7.44. The van der Waals surface area contributed by atoms with Gasteiger partial charge >= 0.3 is 5.97 Å². The SMILES string of the molecule is CCOC(=O)Cn1nc(-c2[nH]c3ccc(C)cc3c2-c2ccccc2)oc1=S. The molecule has 0 amide bonds. The van der Waals surface area contributed by atoms with Gasteiger partial charge in [-0.1, -0.05) is 42.0 Å². The van der Waals surface area contributed by atoms with Gasteiger partial charge in [-0.2, -0.15) is 0 Å². The lowest BCUT2D eigenvalue weighted by atomic mass is 10.0. The smallest absolute Gasteiger partial charge is 0.327 e. The highest BCUT2D eigenvalue weighted by molar-refractivity contribution is 7.71. The number of fused-ring (bicyclic) bond motifs is 1. The van der Waals surface area contributed by atoms with Crippen LogP contribution in [0.3, 0.4) is 0 Å². The summed E-state index contributed by atoms with van der Waals surface area (Å²) >= 11 is 5.25. The molecule has 1 N–H and O–H groups in total. The summed E-state index contributed by atoms with van der Waals surface area (Å²) in [5, 5.41) is 5.49. The van der Waals surface area contributed by atoms with Crippen molar-refractivity contribution < 1.29 is 13.9 Å². The number of hydrogen-bond acceptors (Lipinski definition) is 5. The largest absolute Gasteiger partial charge is 0.465 e. The highest BCUT2D eigenvalue weighted by atomic mass is 32.1. The van der Waals surface area contributed by atoms with Crippen LogP contribution in [0.15, 0.2) is 52.9 Å². The van der Waals surface area contributed by atoms with Gasteiger partial charge in [-0.15, -0.1) is 5.10 Å². The molecule has 2 heterocycles. The number of benzene rings is 2. The van der Waals surface area contributed by atoms with Crippen molar-refractivity contribution >= 4 is 29.1 Å². The van der Waals surface area contributed by atoms with Gasteiger partial charge in [0, 0.05) is 16.5 Å². The maximum atomic E-state index is 11.8. The number of ether oxygens (including phenoxy) is 1. The molecule has 142 valence electrons. The molecular weight excluding hydrogens is 374 g/mol. The number of rotatable bonds is 5. The van der Waals surface area contributed by atoms with Crippen molar-refractivity contribution in [3.05, 3.63) is 58.9 Å². The summed E-state index contributed by atoms with van der Waals surface area (Å²) in [5.41, 5.74) is 4.87. The number of aromatic nitrogens is 3. The van der Waals surface area contributed by atoms with Crippen LogP contribution in [0.2, 0.25) is 0 Å². The molecule has 0 saturated carbocycles. The van der Waals surface area contributed by atoms with Crippen LogP contribution in [0.25, 0.3) is 33.6 Å². The Balaban J connectivity index is 1.88. The van der Waals surface area contributed by atoms with E-state index in [9.17, 15) is 4.79 Å². The van der Waals surface area contributed by atoms with Crippen LogP contribution in [-0.2, 0) is 16.1 Å². The van der Waals surface area contributed by atoms with Crippen LogP contribution in [0.4, 0.5) is 0 Å². The molecule has 0 aliphatic rings. The van der Waals surface area contributed by atoms with Crippen LogP contribution < -0.4 is 0 Å². The molecule has 0 fully saturated rings. The van der Waals surface area contributed by atoms with Gasteiger partial charge in [-0.05, 0) is 43.8 Å². The lowest BCUT2D eigenvalue weighted by molar-refractivity contribution is -0.144. The molecule has 28 heavy (non-hydrogen) atoms. The second-order valence-corrected chi connectivity index (χ2v) is 6.78. The van der Waals surface area contributed by atoms with Crippen LogP contribution >= 0.6 is 12.2 Å². The lowest BCUT2D eigenvalue weighted by Gasteiger charge is -2.03. The van der Waals surface area contributed by atoms with E-state index >= 15 is 0 Å². The zero-order valence-electron chi connectivity index (χ0n) is 15.6. The summed E-state index contributed by atoms with van der Waals surface area (Å²) in [5.74, 6) is -0.0731. The van der Waals surface area contributed by atoms with E-state index in [0.717, 1.165) is 33.3 Å². The number of nitrogens with one attached hydrogen (secondary N) is 1. The van der Waals surface area contributed by atoms with Gasteiger partial charge in [-0.3, -0.25) is 4.79 Å². The summed E-state index contributed by atoms with van der Waals surface area (Å²) in [6.45, 7) is 4.03. The zero-order valence-corrected chi connectivity index (χ0v) is 16.4. The minimum Gasteiger partial charge on any atom is -0.465 e. The third-order valence-electron chi connectivity index (χ3n) is 4.42. The Kier molecular flexibility index (Phi) is 4.83. The number of aryl methyl sites for hydroxylation is 1. The van der Waals surface area contributed by atoms with Crippen molar-refractivity contribution in [1.82, 2.24) is 14.8 Å². The number of carbonyl (C=O) groups excluding carboxylic acids is 1. The van der Waals surface area contributed by atoms with Crippen LogP contribution in [0, 0.1) is 11.8 Å². The second-order valence-electron chi connectivity index (χ2n) is 6.43. The van der Waals surface area contributed by atoms with Gasteiger partial charge in [0.25, 0.3) is 10.7 Å². The fraction of sp³-hybridized carbons (Fsp3) is 0.190. The normalized spacial score (nSPS) is 11.1. The third kappa shape index (κ3) is 3.36. The maximum Gasteiger partial charge on any atom is 0.327 e. The monoisotopic (exact) mass is 393 g/mol. The molecule has 2 aromatic heterocycles. The average Bonchev–Trinajstić information content (AvgIpc) is 3.23. The number of aromatic amines is 1. The van der Waals surface area contributed by atoms with E-state index in [1.165, 1.54) is 4.68 Å². The Bertz CT molecular complexity index is 1200. The molecule has 0 saturated heterocycles. The Morgan fingerprint density at radius 2 is 2.04 bits per heavy atom. The molecule has 4 aromatic rings. The summed E-state index contributed by atoms with van der Waals surface area (Å²) in [6.07, 6.45) is 0. The standard InChI is InChI=1S/C21H19N3O3S/c1-3-26-17(25)12-24-21(28)27-20(23-24)19-18(14-7-5-4-6-8-14)15-11-13(2)9-10-16(15)22-19/h4-11,22H,3,12H2,1-2H3. The fourth-order valence-corrected chi connectivity index (χ4v) is 3.39. The highest BCUT2D eigenvalue weighted by Gasteiger charge is 2.20. The quantitative estimate of drug-likeness (QED) is 0.386. The molecule has 7 heteroatoms. The molecule has 6 nitrogen and oxygen atoms in total. The molecule has 2 aromatic carbocycles. The van der Waals surface area contributed by atoms with E-state index in [-0.39, 0.29) is 11.4 Å². The molecular formula is C21H19N3O3S. The Hall–Kier alpha value is -3.19. The van der Waals surface area contributed by atoms with Gasteiger partial charge in [0.15, 0.2) is 0 Å². The number of hydrogen-bond donors (Lipinski definition) is 1. The van der Waals surface area contributed by atoms with E-state index in [4.69, 9.17) is 21.4 Å². The average molecular weight is 393 g/mol. The molecule has 0 aliphatic carbocycles. The molecule has 0 unspecified atom stereocenters. The van der Waals surface area contributed by atoms with Gasteiger partial charge in [-0.25, -0.2) is 4.68 Å². The van der Waals surface area contributed by atoms with Crippen LogP contribution in [-0.4, -0.2) is 27.3 Å². The van der Waals surface area contributed by atoms with E-state index in [1.807, 2.05) is 42.5 Å². The summed E-state index contributed by atoms with van der Waals surface area (Å²) < 4.78 is 12.0. The summed E-state index contributed by atoms with van der Waals surface area (Å²) in [7, 11) is 0. The van der Waals surface area contributed by atoms with Crippen molar-refractivity contribution in [1.29, 1.82) is 0 Å². The number of nitrogens with zero attached hydrogens (tertiary/aromatic N) is 2. The zero-order chi connectivity index (χ0) is 19.7. The lowest BCUT2D eigenvalue weighted by Crippen LogP contribution is -2.14. The van der Waals surface area contributed by atoms with Crippen molar-refractivity contribution in [3.63, 3.8) is 0 Å². The van der Waals surface area contributed by atoms with Crippen LogP contribution in [0.1, 0.15) is 12.5 Å². The van der Waals surface area contributed by atoms with Gasteiger partial charge in [0.1, 0.15) is 12.2 Å². The number of esters is 1. The Labute approximate surface area is 166 Å². The van der Waals surface area contributed by atoms with Crippen molar-refractivity contribution in [2.75, 3.05) is 6.61 Å². The van der Waals surface area contributed by atoms with E-state index in [0.29, 0.717) is 12.5 Å². The molecule has 0 bridgehead atoms. The minimum atomic E-state index is -0.408. The summed E-state index contributed by atoms with van der Waals surface area (Å²) in [4.78, 5) is 15.3. The first kappa shape index (κ1) is 18.2. The maximum absolute atomic E-state index is 11.8. The predicted molar refractivity (Wildman–Crippen MR) is 109 cm³/mol. The first-order valence-corrected chi connectivity index (χ1v) is 9.39.